The third kappa shape index (κ3) is 3.74. The van der Waals surface area contributed by atoms with Gasteiger partial charge in [-0.2, -0.15) is 18.4 Å². The number of rotatable bonds is 4. The normalized spacial score (nSPS) is 11.3. The topological polar surface area (TPSA) is 63.7 Å². The summed E-state index contributed by atoms with van der Waals surface area (Å²) in [5.41, 5.74) is -0.800. The molecular formula is C18H12F4N4O. The summed E-state index contributed by atoms with van der Waals surface area (Å²) in [7, 11) is 1.50. The average molecular weight is 376 g/mol. The van der Waals surface area contributed by atoms with Crippen molar-refractivity contribution in [2.24, 2.45) is 7.05 Å². The van der Waals surface area contributed by atoms with Crippen LogP contribution in [0.5, 0.6) is 5.75 Å². The molecule has 0 fully saturated rings. The summed E-state index contributed by atoms with van der Waals surface area (Å²) in [5, 5.41) is 16.4. The molecule has 0 spiro atoms. The standard InChI is InChI=1S/C18H12F4N4O/c1-26-16(10-27-15-7-6-11(9-23)8-14(15)19)24-25-17(26)12-4-2-3-5-13(12)18(20,21)22/h2-8H,10H2,1H3. The largest absolute Gasteiger partial charge is 0.483 e. The van der Waals surface area contributed by atoms with Crippen molar-refractivity contribution in [3.05, 3.63) is 65.2 Å². The van der Waals surface area contributed by atoms with Crippen molar-refractivity contribution in [3.8, 4) is 23.2 Å². The molecule has 9 heteroatoms. The number of hydrogen-bond donors (Lipinski definition) is 0. The molecule has 2 aromatic carbocycles. The van der Waals surface area contributed by atoms with Crippen LogP contribution in [-0.4, -0.2) is 14.8 Å². The van der Waals surface area contributed by atoms with Gasteiger partial charge in [-0.05, 0) is 24.3 Å². The van der Waals surface area contributed by atoms with E-state index in [9.17, 15) is 17.6 Å². The van der Waals surface area contributed by atoms with Crippen LogP contribution >= 0.6 is 0 Å². The molecule has 1 heterocycles. The van der Waals surface area contributed by atoms with Crippen molar-refractivity contribution >= 4 is 0 Å². The first-order valence-corrected chi connectivity index (χ1v) is 7.68. The van der Waals surface area contributed by atoms with Gasteiger partial charge in [0.25, 0.3) is 0 Å². The molecule has 5 nitrogen and oxygen atoms in total. The van der Waals surface area contributed by atoms with E-state index in [-0.39, 0.29) is 35.1 Å². The summed E-state index contributed by atoms with van der Waals surface area (Å²) < 4.78 is 60.1. The quantitative estimate of drug-likeness (QED) is 0.644. The number of ether oxygens (including phenoxy) is 1. The Morgan fingerprint density at radius 3 is 2.56 bits per heavy atom. The van der Waals surface area contributed by atoms with Crippen molar-refractivity contribution < 1.29 is 22.3 Å². The highest BCUT2D eigenvalue weighted by Crippen LogP contribution is 2.36. The third-order valence-corrected chi connectivity index (χ3v) is 3.86. The van der Waals surface area contributed by atoms with Gasteiger partial charge in [-0.3, -0.25) is 0 Å². The summed E-state index contributed by atoms with van der Waals surface area (Å²) in [6, 6.07) is 10.5. The van der Waals surface area contributed by atoms with Crippen molar-refractivity contribution in [2.75, 3.05) is 0 Å². The maximum Gasteiger partial charge on any atom is 0.417 e. The number of alkyl halides is 3. The lowest BCUT2D eigenvalue weighted by atomic mass is 10.1. The van der Waals surface area contributed by atoms with E-state index in [0.29, 0.717) is 0 Å². The first-order valence-electron chi connectivity index (χ1n) is 7.68. The van der Waals surface area contributed by atoms with Crippen molar-refractivity contribution in [3.63, 3.8) is 0 Å². The third-order valence-electron chi connectivity index (χ3n) is 3.86. The monoisotopic (exact) mass is 376 g/mol. The highest BCUT2D eigenvalue weighted by Gasteiger charge is 2.34. The van der Waals surface area contributed by atoms with Crippen LogP contribution in [0.3, 0.4) is 0 Å². The van der Waals surface area contributed by atoms with E-state index >= 15 is 0 Å². The van der Waals surface area contributed by atoms with E-state index in [1.807, 2.05) is 0 Å². The number of halogens is 4. The minimum Gasteiger partial charge on any atom is -0.483 e. The predicted molar refractivity (Wildman–Crippen MR) is 86.9 cm³/mol. The zero-order valence-corrected chi connectivity index (χ0v) is 14.0. The van der Waals surface area contributed by atoms with E-state index in [0.717, 1.165) is 12.1 Å². The average Bonchev–Trinajstić information content (AvgIpc) is 3.00. The first kappa shape index (κ1) is 18.4. The summed E-state index contributed by atoms with van der Waals surface area (Å²) in [5.74, 6) is -0.597. The second-order valence-electron chi connectivity index (χ2n) is 5.59. The summed E-state index contributed by atoms with van der Waals surface area (Å²) in [6.45, 7) is -0.208. The highest BCUT2D eigenvalue weighted by atomic mass is 19.4. The minimum absolute atomic E-state index is 0.0156. The van der Waals surface area contributed by atoms with Crippen LogP contribution in [0.1, 0.15) is 17.0 Å². The van der Waals surface area contributed by atoms with Gasteiger partial charge in [0.1, 0.15) is 6.61 Å². The number of hydrogen-bond acceptors (Lipinski definition) is 4. The van der Waals surface area contributed by atoms with E-state index < -0.39 is 17.6 Å². The van der Waals surface area contributed by atoms with Crippen LogP contribution < -0.4 is 4.74 Å². The Bertz CT molecular complexity index is 1020. The fraction of sp³-hybridized carbons (Fsp3) is 0.167. The van der Waals surface area contributed by atoms with Crippen molar-refractivity contribution in [1.29, 1.82) is 5.26 Å². The molecule has 138 valence electrons. The summed E-state index contributed by atoms with van der Waals surface area (Å²) in [6.07, 6.45) is -4.54. The van der Waals surface area contributed by atoms with Crippen molar-refractivity contribution in [2.45, 2.75) is 12.8 Å². The maximum atomic E-state index is 13.9. The summed E-state index contributed by atoms with van der Waals surface area (Å²) >= 11 is 0. The molecule has 0 saturated heterocycles. The molecule has 3 rings (SSSR count). The van der Waals surface area contributed by atoms with Crippen LogP contribution in [0.4, 0.5) is 17.6 Å². The minimum atomic E-state index is -4.54. The Balaban J connectivity index is 1.86. The van der Waals surface area contributed by atoms with Gasteiger partial charge in [0, 0.05) is 12.6 Å². The molecule has 0 amide bonds. The second-order valence-corrected chi connectivity index (χ2v) is 5.59. The molecule has 0 aliphatic rings. The van der Waals surface area contributed by atoms with Crippen molar-refractivity contribution in [1.82, 2.24) is 14.8 Å². The van der Waals surface area contributed by atoms with Gasteiger partial charge in [-0.1, -0.05) is 18.2 Å². The Morgan fingerprint density at radius 2 is 1.89 bits per heavy atom. The zero-order valence-electron chi connectivity index (χ0n) is 14.0. The Hall–Kier alpha value is -3.41. The lowest BCUT2D eigenvalue weighted by Gasteiger charge is -2.12. The van der Waals surface area contributed by atoms with Gasteiger partial charge in [0.15, 0.2) is 23.2 Å². The van der Waals surface area contributed by atoms with Crippen LogP contribution in [0.15, 0.2) is 42.5 Å². The van der Waals surface area contributed by atoms with Gasteiger partial charge < -0.3 is 9.30 Å². The lowest BCUT2D eigenvalue weighted by molar-refractivity contribution is -0.137. The van der Waals surface area contributed by atoms with Gasteiger partial charge >= 0.3 is 6.18 Å². The number of nitrogens with zero attached hydrogens (tertiary/aromatic N) is 4. The molecule has 0 radical (unpaired) electrons. The molecule has 0 unspecified atom stereocenters. The number of aromatic nitrogens is 3. The fourth-order valence-corrected chi connectivity index (χ4v) is 2.48. The SMILES string of the molecule is Cn1c(COc2ccc(C#N)cc2F)nnc1-c1ccccc1C(F)(F)F. The highest BCUT2D eigenvalue weighted by molar-refractivity contribution is 5.61. The molecule has 27 heavy (non-hydrogen) atoms. The van der Waals surface area contributed by atoms with E-state index in [1.54, 1.807) is 6.07 Å². The second kappa shape index (κ2) is 7.07. The van der Waals surface area contributed by atoms with Gasteiger partial charge in [0.2, 0.25) is 0 Å². The van der Waals surface area contributed by atoms with Gasteiger partial charge in [-0.25, -0.2) is 4.39 Å². The Labute approximate surface area is 151 Å². The smallest absolute Gasteiger partial charge is 0.417 e. The molecule has 0 aliphatic heterocycles. The summed E-state index contributed by atoms with van der Waals surface area (Å²) in [4.78, 5) is 0. The molecule has 1 aromatic heterocycles. The van der Waals surface area contributed by atoms with Crippen LogP contribution in [0.25, 0.3) is 11.4 Å². The van der Waals surface area contributed by atoms with Gasteiger partial charge in [-0.15, -0.1) is 10.2 Å². The van der Waals surface area contributed by atoms with E-state index in [1.165, 1.54) is 41.9 Å². The number of nitriles is 1. The van der Waals surface area contributed by atoms with E-state index in [2.05, 4.69) is 10.2 Å². The molecule has 0 saturated carbocycles. The van der Waals surface area contributed by atoms with E-state index in [4.69, 9.17) is 10.00 Å². The van der Waals surface area contributed by atoms with Gasteiger partial charge in [0.05, 0.1) is 17.2 Å². The zero-order chi connectivity index (χ0) is 19.6. The van der Waals surface area contributed by atoms with Crippen LogP contribution in [0, 0.1) is 17.1 Å². The molecule has 0 bridgehead atoms. The molecular weight excluding hydrogens is 364 g/mol. The predicted octanol–water partition coefficient (Wildman–Crippen LogP) is 4.09. The fourth-order valence-electron chi connectivity index (χ4n) is 2.48. The first-order chi connectivity index (χ1) is 12.8. The molecule has 0 atom stereocenters. The maximum absolute atomic E-state index is 13.9. The molecule has 0 aliphatic carbocycles. The molecule has 3 aromatic rings. The van der Waals surface area contributed by atoms with Crippen LogP contribution in [-0.2, 0) is 19.8 Å². The number of benzene rings is 2. The molecule has 0 N–H and O–H groups in total. The Kier molecular flexibility index (Phi) is 4.81. The lowest BCUT2D eigenvalue weighted by Crippen LogP contribution is -2.09. The van der Waals surface area contributed by atoms with Crippen LogP contribution in [0.2, 0.25) is 0 Å². The Morgan fingerprint density at radius 1 is 1.15 bits per heavy atom.